The lowest BCUT2D eigenvalue weighted by Gasteiger charge is -2.34. The van der Waals surface area contributed by atoms with Crippen LogP contribution in [-0.4, -0.2) is 58.5 Å². The number of benzene rings is 3. The molecule has 7 nitrogen and oxygen atoms in total. The van der Waals surface area contributed by atoms with Gasteiger partial charge in [-0.25, -0.2) is 9.07 Å². The summed E-state index contributed by atoms with van der Waals surface area (Å²) < 4.78 is 26.1. The molecule has 2 aliphatic rings. The third-order valence-electron chi connectivity index (χ3n) is 6.57. The molecule has 0 spiro atoms. The molecule has 0 aliphatic carbocycles. The maximum Gasteiger partial charge on any atom is 0.272 e. The number of piperazine rings is 1. The summed E-state index contributed by atoms with van der Waals surface area (Å²) in [5.41, 5.74) is 3.87. The van der Waals surface area contributed by atoms with E-state index in [9.17, 15) is 9.18 Å². The minimum atomic E-state index is -0.333. The van der Waals surface area contributed by atoms with Crippen LogP contribution in [-0.2, 0) is 6.54 Å². The van der Waals surface area contributed by atoms with Crippen molar-refractivity contribution in [3.05, 3.63) is 95.9 Å². The number of carbonyl (C=O) groups excluding carboxylic acids is 1. The molecule has 3 aromatic carbocycles. The molecule has 182 valence electrons. The number of ether oxygens (including phenoxy) is 2. The Bertz CT molecular complexity index is 1380. The smallest absolute Gasteiger partial charge is 0.272 e. The Labute approximate surface area is 208 Å². The van der Waals surface area contributed by atoms with E-state index in [1.54, 1.807) is 16.8 Å². The first-order valence-electron chi connectivity index (χ1n) is 12.0. The maximum atomic E-state index is 13.6. The molecule has 8 heteroatoms. The normalized spacial score (nSPS) is 15.3. The van der Waals surface area contributed by atoms with Crippen LogP contribution in [0.1, 0.15) is 16.1 Å². The molecule has 0 radical (unpaired) electrons. The van der Waals surface area contributed by atoms with Gasteiger partial charge in [-0.15, -0.1) is 0 Å². The fourth-order valence-corrected chi connectivity index (χ4v) is 4.63. The second-order valence-electron chi connectivity index (χ2n) is 8.93. The predicted octanol–water partition coefficient (Wildman–Crippen LogP) is 4.37. The van der Waals surface area contributed by atoms with E-state index in [1.807, 2.05) is 53.4 Å². The van der Waals surface area contributed by atoms with E-state index in [4.69, 9.17) is 14.6 Å². The van der Waals surface area contributed by atoms with E-state index in [2.05, 4.69) is 11.0 Å². The van der Waals surface area contributed by atoms with Crippen molar-refractivity contribution >= 4 is 5.91 Å². The summed E-state index contributed by atoms with van der Waals surface area (Å²) in [7, 11) is 0. The molecule has 6 rings (SSSR count). The van der Waals surface area contributed by atoms with Crippen molar-refractivity contribution in [2.24, 2.45) is 0 Å². The first kappa shape index (κ1) is 22.3. The molecular weight excluding hydrogens is 459 g/mol. The number of aromatic nitrogens is 2. The van der Waals surface area contributed by atoms with Gasteiger partial charge in [0.05, 0.1) is 11.4 Å². The molecule has 3 heterocycles. The van der Waals surface area contributed by atoms with Gasteiger partial charge in [0.1, 0.15) is 11.5 Å². The summed E-state index contributed by atoms with van der Waals surface area (Å²) in [5.74, 6) is 1.14. The van der Waals surface area contributed by atoms with E-state index in [1.165, 1.54) is 12.1 Å². The van der Waals surface area contributed by atoms with Crippen LogP contribution in [0.15, 0.2) is 78.9 Å². The van der Waals surface area contributed by atoms with Crippen LogP contribution >= 0.6 is 0 Å². The summed E-state index contributed by atoms with van der Waals surface area (Å²) in [6.45, 7) is 3.79. The molecule has 2 aliphatic heterocycles. The van der Waals surface area contributed by atoms with Crippen LogP contribution < -0.4 is 9.47 Å². The highest BCUT2D eigenvalue weighted by molar-refractivity contribution is 5.94. The number of fused-ring (bicyclic) bond motifs is 1. The number of hydrogen-bond acceptors (Lipinski definition) is 5. The first-order chi connectivity index (χ1) is 17.6. The van der Waals surface area contributed by atoms with Crippen LogP contribution in [0, 0.1) is 5.82 Å². The van der Waals surface area contributed by atoms with Crippen molar-refractivity contribution in [1.29, 1.82) is 0 Å². The second-order valence-corrected chi connectivity index (χ2v) is 8.93. The average molecular weight is 485 g/mol. The van der Waals surface area contributed by atoms with Gasteiger partial charge in [0.2, 0.25) is 6.79 Å². The molecule has 1 fully saturated rings. The zero-order chi connectivity index (χ0) is 24.5. The lowest BCUT2D eigenvalue weighted by molar-refractivity contribution is 0.0619. The van der Waals surface area contributed by atoms with E-state index in [0.717, 1.165) is 42.3 Å². The van der Waals surface area contributed by atoms with Crippen molar-refractivity contribution in [3.63, 3.8) is 0 Å². The van der Waals surface area contributed by atoms with E-state index in [-0.39, 0.29) is 18.5 Å². The number of amides is 1. The van der Waals surface area contributed by atoms with Gasteiger partial charge < -0.3 is 14.4 Å². The summed E-state index contributed by atoms with van der Waals surface area (Å²) in [4.78, 5) is 17.8. The minimum Gasteiger partial charge on any atom is -0.454 e. The largest absolute Gasteiger partial charge is 0.454 e. The Morgan fingerprint density at radius 3 is 2.39 bits per heavy atom. The topological polar surface area (TPSA) is 59.8 Å². The van der Waals surface area contributed by atoms with Gasteiger partial charge in [0.15, 0.2) is 11.5 Å². The average Bonchev–Trinajstić information content (AvgIpc) is 3.57. The zero-order valence-corrected chi connectivity index (χ0v) is 19.6. The molecule has 36 heavy (non-hydrogen) atoms. The molecule has 0 N–H and O–H groups in total. The predicted molar refractivity (Wildman–Crippen MR) is 133 cm³/mol. The molecule has 4 aromatic rings. The second kappa shape index (κ2) is 9.47. The first-order valence-corrected chi connectivity index (χ1v) is 12.0. The Morgan fingerprint density at radius 1 is 0.861 bits per heavy atom. The Hall–Kier alpha value is -4.17. The summed E-state index contributed by atoms with van der Waals surface area (Å²) in [6.07, 6.45) is 0. The van der Waals surface area contributed by atoms with Crippen molar-refractivity contribution in [2.75, 3.05) is 33.0 Å². The molecular formula is C28H25FN4O3. The number of halogens is 1. The highest BCUT2D eigenvalue weighted by Gasteiger charge is 2.26. The molecule has 1 aromatic heterocycles. The number of nitrogens with zero attached hydrogens (tertiary/aromatic N) is 4. The monoisotopic (exact) mass is 484 g/mol. The maximum absolute atomic E-state index is 13.6. The van der Waals surface area contributed by atoms with Crippen LogP contribution in [0.25, 0.3) is 16.9 Å². The summed E-state index contributed by atoms with van der Waals surface area (Å²) >= 11 is 0. The van der Waals surface area contributed by atoms with Gasteiger partial charge in [-0.3, -0.25) is 9.69 Å². The Balaban J connectivity index is 1.20. The summed E-state index contributed by atoms with van der Waals surface area (Å²) in [5, 5.41) is 4.71. The molecule has 1 saturated heterocycles. The van der Waals surface area contributed by atoms with Crippen molar-refractivity contribution < 1.29 is 18.7 Å². The van der Waals surface area contributed by atoms with Crippen molar-refractivity contribution in [3.8, 4) is 28.4 Å². The summed E-state index contributed by atoms with van der Waals surface area (Å²) in [6, 6.07) is 23.6. The standard InChI is InChI=1S/C28H25FN4O3/c29-22-7-9-23(10-8-22)33-25(17-24(30-33)21-4-2-1-3-5-21)28(34)32-14-12-31(13-15-32)18-20-6-11-26-27(16-20)36-19-35-26/h1-11,16-17H,12-15,18-19H2. The van der Waals surface area contributed by atoms with Gasteiger partial charge >= 0.3 is 0 Å². The SMILES string of the molecule is O=C(c1cc(-c2ccccc2)nn1-c1ccc(F)cc1)N1CCN(Cc2ccc3c(c2)OCO3)CC1. The molecule has 0 unspecified atom stereocenters. The highest BCUT2D eigenvalue weighted by Crippen LogP contribution is 2.33. The van der Waals surface area contributed by atoms with E-state index < -0.39 is 0 Å². The third kappa shape index (κ3) is 4.43. The molecule has 1 amide bonds. The fourth-order valence-electron chi connectivity index (χ4n) is 4.63. The number of rotatable bonds is 5. The molecule has 0 atom stereocenters. The zero-order valence-electron chi connectivity index (χ0n) is 19.6. The Kier molecular flexibility index (Phi) is 5.87. The third-order valence-corrected chi connectivity index (χ3v) is 6.57. The minimum absolute atomic E-state index is 0.0864. The van der Waals surface area contributed by atoms with E-state index in [0.29, 0.717) is 30.2 Å². The van der Waals surface area contributed by atoms with Crippen molar-refractivity contribution in [2.45, 2.75) is 6.54 Å². The van der Waals surface area contributed by atoms with Crippen LogP contribution in [0.5, 0.6) is 11.5 Å². The fraction of sp³-hybridized carbons (Fsp3) is 0.214. The lowest BCUT2D eigenvalue weighted by Crippen LogP contribution is -2.48. The molecule has 0 bridgehead atoms. The van der Waals surface area contributed by atoms with Crippen molar-refractivity contribution in [1.82, 2.24) is 19.6 Å². The molecule has 0 saturated carbocycles. The quantitative estimate of drug-likeness (QED) is 0.421. The van der Waals surface area contributed by atoms with Crippen LogP contribution in [0.2, 0.25) is 0 Å². The van der Waals surface area contributed by atoms with Crippen LogP contribution in [0.3, 0.4) is 0 Å². The van der Waals surface area contributed by atoms with Crippen LogP contribution in [0.4, 0.5) is 4.39 Å². The van der Waals surface area contributed by atoms with Gasteiger partial charge in [-0.1, -0.05) is 36.4 Å². The lowest BCUT2D eigenvalue weighted by atomic mass is 10.1. The van der Waals surface area contributed by atoms with E-state index >= 15 is 0 Å². The van der Waals surface area contributed by atoms with Gasteiger partial charge in [0, 0.05) is 38.3 Å². The van der Waals surface area contributed by atoms with Gasteiger partial charge in [0.25, 0.3) is 5.91 Å². The van der Waals surface area contributed by atoms with Gasteiger partial charge in [-0.05, 0) is 48.0 Å². The highest BCUT2D eigenvalue weighted by atomic mass is 19.1. The van der Waals surface area contributed by atoms with Gasteiger partial charge in [-0.2, -0.15) is 5.10 Å². The number of hydrogen-bond donors (Lipinski definition) is 0. The Morgan fingerprint density at radius 2 is 1.61 bits per heavy atom. The number of carbonyl (C=O) groups is 1.